The molecule has 0 fully saturated rings. The number of primary amides is 1. The van der Waals surface area contributed by atoms with Crippen molar-refractivity contribution in [2.24, 2.45) is 5.73 Å². The van der Waals surface area contributed by atoms with E-state index in [0.717, 1.165) is 5.69 Å². The first-order chi connectivity index (χ1) is 6.61. The van der Waals surface area contributed by atoms with Gasteiger partial charge in [0, 0.05) is 22.2 Å². The zero-order chi connectivity index (χ0) is 10.6. The SMILES string of the molecule is Cc1c(I)cccc1NCCC(N)=O. The molecule has 0 aliphatic carbocycles. The van der Waals surface area contributed by atoms with Crippen molar-refractivity contribution in [2.45, 2.75) is 13.3 Å². The van der Waals surface area contributed by atoms with Crippen LogP contribution in [0, 0.1) is 10.5 Å². The molecule has 4 heteroatoms. The first-order valence-electron chi connectivity index (χ1n) is 4.38. The summed E-state index contributed by atoms with van der Waals surface area (Å²) in [5.74, 6) is -0.277. The van der Waals surface area contributed by atoms with Gasteiger partial charge in [0.15, 0.2) is 0 Å². The molecule has 1 rings (SSSR count). The van der Waals surface area contributed by atoms with E-state index >= 15 is 0 Å². The first-order valence-corrected chi connectivity index (χ1v) is 5.46. The van der Waals surface area contributed by atoms with Crippen molar-refractivity contribution in [3.63, 3.8) is 0 Å². The highest BCUT2D eigenvalue weighted by Gasteiger charge is 2.01. The summed E-state index contributed by atoms with van der Waals surface area (Å²) in [6.45, 7) is 2.64. The van der Waals surface area contributed by atoms with Crippen LogP contribution in [0.4, 0.5) is 5.69 Å². The van der Waals surface area contributed by atoms with Gasteiger partial charge in [-0.25, -0.2) is 0 Å². The molecule has 0 saturated carbocycles. The number of halogens is 1. The average molecular weight is 304 g/mol. The topological polar surface area (TPSA) is 55.1 Å². The number of nitrogens with two attached hydrogens (primary N) is 1. The minimum absolute atomic E-state index is 0.277. The Balaban J connectivity index is 2.59. The van der Waals surface area contributed by atoms with Gasteiger partial charge >= 0.3 is 0 Å². The second kappa shape index (κ2) is 5.19. The monoisotopic (exact) mass is 304 g/mol. The molecule has 0 spiro atoms. The number of amides is 1. The van der Waals surface area contributed by atoms with Crippen LogP contribution in [-0.4, -0.2) is 12.5 Å². The van der Waals surface area contributed by atoms with E-state index in [1.165, 1.54) is 9.13 Å². The predicted octanol–water partition coefficient (Wildman–Crippen LogP) is 1.89. The third-order valence-corrected chi connectivity index (χ3v) is 3.12. The molecule has 1 aromatic rings. The highest BCUT2D eigenvalue weighted by molar-refractivity contribution is 14.1. The second-order valence-electron chi connectivity index (χ2n) is 3.06. The fraction of sp³-hybridized carbons (Fsp3) is 0.300. The Morgan fingerprint density at radius 1 is 1.57 bits per heavy atom. The largest absolute Gasteiger partial charge is 0.384 e. The van der Waals surface area contributed by atoms with Gasteiger partial charge in [0.25, 0.3) is 0 Å². The summed E-state index contributed by atoms with van der Waals surface area (Å²) >= 11 is 2.28. The Labute approximate surface area is 97.2 Å². The summed E-state index contributed by atoms with van der Waals surface area (Å²) < 4.78 is 1.21. The van der Waals surface area contributed by atoms with Crippen LogP contribution in [0.25, 0.3) is 0 Å². The van der Waals surface area contributed by atoms with Gasteiger partial charge in [0.1, 0.15) is 0 Å². The number of nitrogens with one attached hydrogen (secondary N) is 1. The average Bonchev–Trinajstić information content (AvgIpc) is 2.12. The number of benzene rings is 1. The highest BCUT2D eigenvalue weighted by Crippen LogP contribution is 2.19. The molecule has 0 bridgehead atoms. The molecule has 0 atom stereocenters. The molecule has 76 valence electrons. The summed E-state index contributed by atoms with van der Waals surface area (Å²) in [6.07, 6.45) is 0.366. The first kappa shape index (κ1) is 11.3. The van der Waals surface area contributed by atoms with Gasteiger partial charge in [-0.3, -0.25) is 4.79 Å². The summed E-state index contributed by atoms with van der Waals surface area (Å²) in [4.78, 5) is 10.5. The van der Waals surface area contributed by atoms with E-state index in [0.29, 0.717) is 13.0 Å². The Kier molecular flexibility index (Phi) is 4.19. The van der Waals surface area contributed by atoms with Gasteiger partial charge in [-0.2, -0.15) is 0 Å². The minimum atomic E-state index is -0.277. The van der Waals surface area contributed by atoms with Crippen LogP contribution < -0.4 is 11.1 Å². The van der Waals surface area contributed by atoms with Crippen LogP contribution in [-0.2, 0) is 4.79 Å². The van der Waals surface area contributed by atoms with Gasteiger partial charge in [-0.05, 0) is 47.2 Å². The molecule has 0 saturated heterocycles. The van der Waals surface area contributed by atoms with Crippen molar-refractivity contribution in [1.29, 1.82) is 0 Å². The van der Waals surface area contributed by atoms with Gasteiger partial charge in [-0.1, -0.05) is 6.07 Å². The fourth-order valence-electron chi connectivity index (χ4n) is 1.12. The Morgan fingerprint density at radius 3 is 2.93 bits per heavy atom. The van der Waals surface area contributed by atoms with Crippen LogP contribution in [0.1, 0.15) is 12.0 Å². The summed E-state index contributed by atoms with van der Waals surface area (Å²) in [5.41, 5.74) is 7.32. The van der Waals surface area contributed by atoms with E-state index in [-0.39, 0.29) is 5.91 Å². The van der Waals surface area contributed by atoms with Crippen LogP contribution >= 0.6 is 22.6 Å². The summed E-state index contributed by atoms with van der Waals surface area (Å²) in [5, 5.41) is 3.18. The van der Waals surface area contributed by atoms with Gasteiger partial charge in [0.05, 0.1) is 0 Å². The van der Waals surface area contributed by atoms with Crippen LogP contribution in [0.2, 0.25) is 0 Å². The molecule has 0 radical (unpaired) electrons. The predicted molar refractivity (Wildman–Crippen MR) is 66.2 cm³/mol. The maximum Gasteiger partial charge on any atom is 0.219 e. The third kappa shape index (κ3) is 3.17. The van der Waals surface area contributed by atoms with Crippen molar-refractivity contribution in [1.82, 2.24) is 0 Å². The molecule has 0 unspecified atom stereocenters. The zero-order valence-electron chi connectivity index (χ0n) is 8.01. The molecule has 0 aliphatic heterocycles. The van der Waals surface area contributed by atoms with Gasteiger partial charge in [-0.15, -0.1) is 0 Å². The van der Waals surface area contributed by atoms with E-state index in [1.807, 2.05) is 19.1 Å². The van der Waals surface area contributed by atoms with E-state index < -0.39 is 0 Å². The molecular formula is C10H13IN2O. The molecule has 1 aromatic carbocycles. The van der Waals surface area contributed by atoms with E-state index in [9.17, 15) is 4.79 Å². The molecule has 3 nitrogen and oxygen atoms in total. The standard InChI is InChI=1S/C10H13IN2O/c1-7-8(11)3-2-4-9(7)13-6-5-10(12)14/h2-4,13H,5-6H2,1H3,(H2,12,14). The Hall–Kier alpha value is -0.780. The summed E-state index contributed by atoms with van der Waals surface area (Å²) in [6, 6.07) is 6.04. The lowest BCUT2D eigenvalue weighted by Gasteiger charge is -2.09. The van der Waals surface area contributed by atoms with Crippen molar-refractivity contribution in [3.05, 3.63) is 27.3 Å². The molecular weight excluding hydrogens is 291 g/mol. The Bertz CT molecular complexity index is 339. The fourth-order valence-corrected chi connectivity index (χ4v) is 1.62. The van der Waals surface area contributed by atoms with Crippen molar-refractivity contribution < 1.29 is 4.79 Å². The molecule has 14 heavy (non-hydrogen) atoms. The number of hydrogen-bond acceptors (Lipinski definition) is 2. The quantitative estimate of drug-likeness (QED) is 0.835. The van der Waals surface area contributed by atoms with Gasteiger partial charge < -0.3 is 11.1 Å². The van der Waals surface area contributed by atoms with Crippen molar-refractivity contribution in [3.8, 4) is 0 Å². The third-order valence-electron chi connectivity index (χ3n) is 1.95. The number of carbonyl (C=O) groups excluding carboxylic acids is 1. The van der Waals surface area contributed by atoms with Crippen LogP contribution in [0.15, 0.2) is 18.2 Å². The van der Waals surface area contributed by atoms with Gasteiger partial charge in [0.2, 0.25) is 5.91 Å². The molecule has 0 aliphatic rings. The molecule has 0 heterocycles. The molecule has 3 N–H and O–H groups in total. The summed E-state index contributed by atoms with van der Waals surface area (Å²) in [7, 11) is 0. The number of rotatable bonds is 4. The lowest BCUT2D eigenvalue weighted by Crippen LogP contribution is -2.16. The van der Waals surface area contributed by atoms with E-state index in [2.05, 4.69) is 34.0 Å². The van der Waals surface area contributed by atoms with E-state index in [4.69, 9.17) is 5.73 Å². The van der Waals surface area contributed by atoms with E-state index in [1.54, 1.807) is 0 Å². The second-order valence-corrected chi connectivity index (χ2v) is 4.22. The lowest BCUT2D eigenvalue weighted by molar-refractivity contribution is -0.117. The highest BCUT2D eigenvalue weighted by atomic mass is 127. The maximum absolute atomic E-state index is 10.5. The number of carbonyl (C=O) groups is 1. The van der Waals surface area contributed by atoms with Crippen molar-refractivity contribution in [2.75, 3.05) is 11.9 Å². The Morgan fingerprint density at radius 2 is 2.29 bits per heavy atom. The zero-order valence-corrected chi connectivity index (χ0v) is 10.2. The lowest BCUT2D eigenvalue weighted by atomic mass is 10.2. The number of hydrogen-bond donors (Lipinski definition) is 2. The molecule has 0 aromatic heterocycles. The van der Waals surface area contributed by atoms with Crippen molar-refractivity contribution >= 4 is 34.2 Å². The van der Waals surface area contributed by atoms with Crippen LogP contribution in [0.5, 0.6) is 0 Å². The number of anilines is 1. The minimum Gasteiger partial charge on any atom is -0.384 e. The maximum atomic E-state index is 10.5. The normalized spacial score (nSPS) is 9.86. The smallest absolute Gasteiger partial charge is 0.219 e. The molecule has 1 amide bonds. The van der Waals surface area contributed by atoms with Crippen LogP contribution in [0.3, 0.4) is 0 Å².